The van der Waals surface area contributed by atoms with Gasteiger partial charge in [-0.3, -0.25) is 19.4 Å². The molecule has 5 heterocycles. The number of carbonyl (C=O) groups is 2. The Morgan fingerprint density at radius 1 is 0.733 bits per heavy atom. The maximum Gasteiger partial charge on any atom is 0.262 e. The molecule has 1 aliphatic carbocycles. The molecule has 8 nitrogen and oxygen atoms in total. The summed E-state index contributed by atoms with van der Waals surface area (Å²) in [6.45, 7) is 3.60. The van der Waals surface area contributed by atoms with Crippen LogP contribution in [0.25, 0.3) is 43.6 Å². The van der Waals surface area contributed by atoms with E-state index in [1.54, 1.807) is 7.11 Å². The summed E-state index contributed by atoms with van der Waals surface area (Å²) in [5.74, 6) is 0.309. The molecule has 2 aromatic heterocycles. The van der Waals surface area contributed by atoms with E-state index < -0.39 is 0 Å². The maximum absolute atomic E-state index is 14.6. The number of benzene rings is 4. The number of hydrogen-bond acceptors (Lipinski definition) is 5. The number of carbonyl (C=O) groups excluding carboxylic acids is 2. The number of hydrogen-bond donors (Lipinski definition) is 0. The van der Waals surface area contributed by atoms with Crippen LogP contribution in [0.1, 0.15) is 51.2 Å². The minimum absolute atomic E-state index is 0.209. The number of imide groups is 1. The van der Waals surface area contributed by atoms with Gasteiger partial charge in [-0.25, -0.2) is 0 Å². The van der Waals surface area contributed by atoms with Crippen LogP contribution in [0.15, 0.2) is 72.8 Å². The number of rotatable bonds is 4. The summed E-state index contributed by atoms with van der Waals surface area (Å²) in [7, 11) is 1.63. The molecule has 4 aliphatic rings. The van der Waals surface area contributed by atoms with Crippen LogP contribution in [-0.4, -0.2) is 70.2 Å². The number of fused-ring (bicyclic) bond motifs is 13. The fourth-order valence-corrected chi connectivity index (χ4v) is 9.08. The molecule has 0 N–H and O–H groups in total. The van der Waals surface area contributed by atoms with E-state index in [9.17, 15) is 9.59 Å². The van der Waals surface area contributed by atoms with E-state index in [-0.39, 0.29) is 30.4 Å². The summed E-state index contributed by atoms with van der Waals surface area (Å²) in [6, 6.07) is 25.4. The molecule has 2 bridgehead atoms. The van der Waals surface area contributed by atoms with Crippen LogP contribution in [0.3, 0.4) is 0 Å². The number of morpholine rings is 1. The molecule has 3 atom stereocenters. The molecule has 10 rings (SSSR count). The van der Waals surface area contributed by atoms with E-state index in [4.69, 9.17) is 9.47 Å². The number of aromatic nitrogens is 2. The topological polar surface area (TPSA) is 68.9 Å². The molecule has 2 fully saturated rings. The smallest absolute Gasteiger partial charge is 0.262 e. The standard InChI is InChI=1S/C37H32N4O4/c1-44-23-12-10-21(11-13-23)20-39-36(42)32-30-24-6-2-4-8-26(24)40-22-18-28(38-14-16-45-17-15-38)29(19-22)41-27-9-5-3-7-25(27)31(33(32)37(39)43)35(41)34(30)40/h2-13,22,28-29H,14-20H2,1H3. The Morgan fingerprint density at radius 2 is 1.31 bits per heavy atom. The Labute approximate surface area is 259 Å². The third kappa shape index (κ3) is 3.28. The summed E-state index contributed by atoms with van der Waals surface area (Å²) >= 11 is 0. The highest BCUT2D eigenvalue weighted by Gasteiger charge is 2.48. The SMILES string of the molecule is COc1ccc(CN2C(=O)c3c(c4c5ccccc5n5c4c4c3c3ccccc3n4C3CC(N4CCOCC4)C5C3)C2=O)cc1. The normalized spacial score (nSPS) is 22.9. The summed E-state index contributed by atoms with van der Waals surface area (Å²) in [5, 5.41) is 3.92. The first kappa shape index (κ1) is 25.6. The van der Waals surface area contributed by atoms with Crippen molar-refractivity contribution < 1.29 is 19.1 Å². The minimum atomic E-state index is -0.216. The first-order chi connectivity index (χ1) is 22.1. The van der Waals surface area contributed by atoms with Gasteiger partial charge in [-0.1, -0.05) is 48.5 Å². The molecule has 8 heteroatoms. The van der Waals surface area contributed by atoms with Gasteiger partial charge < -0.3 is 18.6 Å². The summed E-state index contributed by atoms with van der Waals surface area (Å²) in [6.07, 6.45) is 2.05. The summed E-state index contributed by atoms with van der Waals surface area (Å²) < 4.78 is 16.2. The summed E-state index contributed by atoms with van der Waals surface area (Å²) in [5.41, 5.74) is 6.46. The second kappa shape index (κ2) is 9.19. The zero-order chi connectivity index (χ0) is 30.0. The zero-order valence-corrected chi connectivity index (χ0v) is 25.0. The van der Waals surface area contributed by atoms with Gasteiger partial charge in [-0.15, -0.1) is 0 Å². The van der Waals surface area contributed by atoms with Crippen molar-refractivity contribution in [3.05, 3.63) is 89.5 Å². The van der Waals surface area contributed by atoms with E-state index in [2.05, 4.69) is 56.5 Å². The second-order valence-electron chi connectivity index (χ2n) is 12.9. The molecule has 3 aliphatic heterocycles. The number of para-hydroxylation sites is 2. The molecule has 1 saturated heterocycles. The van der Waals surface area contributed by atoms with Crippen LogP contribution in [0.2, 0.25) is 0 Å². The average Bonchev–Trinajstić information content (AvgIpc) is 3.78. The molecule has 224 valence electrons. The monoisotopic (exact) mass is 596 g/mol. The third-order valence-electron chi connectivity index (χ3n) is 10.9. The van der Waals surface area contributed by atoms with Gasteiger partial charge in [0.1, 0.15) is 5.75 Å². The first-order valence-electron chi connectivity index (χ1n) is 16.0. The lowest BCUT2D eigenvalue weighted by molar-refractivity contribution is 0.00966. The predicted molar refractivity (Wildman–Crippen MR) is 173 cm³/mol. The van der Waals surface area contributed by atoms with Crippen LogP contribution >= 0.6 is 0 Å². The lowest BCUT2D eigenvalue weighted by Gasteiger charge is -2.37. The van der Waals surface area contributed by atoms with Crippen LogP contribution in [0.4, 0.5) is 0 Å². The Kier molecular flexibility index (Phi) is 5.24. The fourth-order valence-electron chi connectivity index (χ4n) is 9.08. The predicted octanol–water partition coefficient (Wildman–Crippen LogP) is 6.30. The molecular weight excluding hydrogens is 564 g/mol. The first-order valence-corrected chi connectivity index (χ1v) is 16.0. The average molecular weight is 597 g/mol. The van der Waals surface area contributed by atoms with Crippen molar-refractivity contribution in [1.29, 1.82) is 0 Å². The van der Waals surface area contributed by atoms with Crippen LogP contribution < -0.4 is 4.74 Å². The van der Waals surface area contributed by atoms with Gasteiger partial charge in [-0.2, -0.15) is 0 Å². The molecule has 6 aromatic rings. The fraction of sp³-hybridized carbons (Fsp3) is 0.297. The van der Waals surface area contributed by atoms with Gasteiger partial charge in [-0.05, 0) is 42.7 Å². The number of methoxy groups -OCH3 is 1. The van der Waals surface area contributed by atoms with Gasteiger partial charge >= 0.3 is 0 Å². The van der Waals surface area contributed by atoms with Gasteiger partial charge in [0.15, 0.2) is 0 Å². The zero-order valence-electron chi connectivity index (χ0n) is 25.0. The van der Waals surface area contributed by atoms with Crippen molar-refractivity contribution in [2.45, 2.75) is 37.5 Å². The van der Waals surface area contributed by atoms with Crippen LogP contribution in [0.5, 0.6) is 5.75 Å². The van der Waals surface area contributed by atoms with Gasteiger partial charge in [0, 0.05) is 57.8 Å². The Bertz CT molecular complexity index is 2240. The van der Waals surface area contributed by atoms with Crippen molar-refractivity contribution in [3.63, 3.8) is 0 Å². The lowest BCUT2D eigenvalue weighted by Crippen LogP contribution is -2.45. The van der Waals surface area contributed by atoms with Crippen molar-refractivity contribution in [2.75, 3.05) is 33.4 Å². The molecule has 4 aromatic carbocycles. The Morgan fingerprint density at radius 3 is 1.96 bits per heavy atom. The van der Waals surface area contributed by atoms with Gasteiger partial charge in [0.2, 0.25) is 0 Å². The number of nitrogens with zero attached hydrogens (tertiary/aromatic N) is 4. The molecule has 3 unspecified atom stereocenters. The van der Waals surface area contributed by atoms with E-state index in [1.165, 1.54) is 4.90 Å². The second-order valence-corrected chi connectivity index (χ2v) is 12.9. The molecular formula is C37H32N4O4. The molecule has 1 saturated carbocycles. The summed E-state index contributed by atoms with van der Waals surface area (Å²) in [4.78, 5) is 33.2. The number of ether oxygens (including phenoxy) is 2. The van der Waals surface area contributed by atoms with E-state index in [1.807, 2.05) is 30.3 Å². The van der Waals surface area contributed by atoms with Crippen molar-refractivity contribution >= 4 is 55.4 Å². The molecule has 0 radical (unpaired) electrons. The van der Waals surface area contributed by atoms with Gasteiger partial charge in [0.25, 0.3) is 11.8 Å². The Balaban J connectivity index is 1.30. The number of amides is 2. The quantitative estimate of drug-likeness (QED) is 0.224. The van der Waals surface area contributed by atoms with Crippen molar-refractivity contribution in [1.82, 2.24) is 18.9 Å². The Hall–Kier alpha value is -4.66. The third-order valence-corrected chi connectivity index (χ3v) is 10.9. The largest absolute Gasteiger partial charge is 0.497 e. The maximum atomic E-state index is 14.6. The van der Waals surface area contributed by atoms with Gasteiger partial charge in [0.05, 0.1) is 55.1 Å². The van der Waals surface area contributed by atoms with Crippen molar-refractivity contribution in [3.8, 4) is 5.75 Å². The lowest BCUT2D eigenvalue weighted by atomic mass is 9.96. The van der Waals surface area contributed by atoms with E-state index in [0.717, 1.165) is 94.1 Å². The van der Waals surface area contributed by atoms with Crippen LogP contribution in [-0.2, 0) is 11.3 Å². The van der Waals surface area contributed by atoms with E-state index in [0.29, 0.717) is 17.2 Å². The highest BCUT2D eigenvalue weighted by molar-refractivity contribution is 6.39. The van der Waals surface area contributed by atoms with Crippen molar-refractivity contribution in [2.24, 2.45) is 0 Å². The molecule has 2 amide bonds. The minimum Gasteiger partial charge on any atom is -0.497 e. The van der Waals surface area contributed by atoms with Crippen LogP contribution in [0, 0.1) is 0 Å². The highest BCUT2D eigenvalue weighted by Crippen LogP contribution is 2.55. The highest BCUT2D eigenvalue weighted by atomic mass is 16.5. The molecule has 0 spiro atoms. The van der Waals surface area contributed by atoms with E-state index >= 15 is 0 Å². The molecule has 45 heavy (non-hydrogen) atoms.